The number of nitrogens with one attached hydrogen (secondary N) is 1. The maximum atomic E-state index is 13.0. The van der Waals surface area contributed by atoms with Crippen LogP contribution in [0.2, 0.25) is 5.02 Å². The second-order valence-electron chi connectivity index (χ2n) is 6.86. The third kappa shape index (κ3) is 3.86. The summed E-state index contributed by atoms with van der Waals surface area (Å²) in [6.07, 6.45) is 1.56. The molecule has 4 aromatic rings. The number of benzene rings is 1. The van der Waals surface area contributed by atoms with E-state index in [4.69, 9.17) is 16.6 Å². The Morgan fingerprint density at radius 1 is 1.13 bits per heavy atom. The van der Waals surface area contributed by atoms with Crippen molar-refractivity contribution in [2.24, 2.45) is 7.05 Å². The average molecular weight is 459 g/mol. The quantitative estimate of drug-likeness (QED) is 0.441. The summed E-state index contributed by atoms with van der Waals surface area (Å²) >= 11 is 7.43. The summed E-state index contributed by atoms with van der Waals surface area (Å²) < 4.78 is 30.5. The molecule has 3 aromatic heterocycles. The van der Waals surface area contributed by atoms with Gasteiger partial charge in [0.15, 0.2) is 0 Å². The number of rotatable bonds is 5. The van der Waals surface area contributed by atoms with Crippen LogP contribution in [-0.2, 0) is 17.1 Å². The summed E-state index contributed by atoms with van der Waals surface area (Å²) in [6.45, 7) is 3.58. The largest absolute Gasteiger partial charge is 0.345 e. The summed E-state index contributed by atoms with van der Waals surface area (Å²) in [6, 6.07) is 12.7. The lowest BCUT2D eigenvalue weighted by molar-refractivity contribution is 0.600. The third-order valence-corrected chi connectivity index (χ3v) is 7.45. The van der Waals surface area contributed by atoms with E-state index >= 15 is 0 Å². The van der Waals surface area contributed by atoms with Crippen LogP contribution in [0.3, 0.4) is 0 Å². The summed E-state index contributed by atoms with van der Waals surface area (Å²) in [7, 11) is -1.97. The van der Waals surface area contributed by atoms with E-state index in [9.17, 15) is 8.42 Å². The van der Waals surface area contributed by atoms with Crippen LogP contribution >= 0.6 is 22.9 Å². The van der Waals surface area contributed by atoms with E-state index in [2.05, 4.69) is 9.71 Å². The first-order valence-electron chi connectivity index (χ1n) is 9.09. The van der Waals surface area contributed by atoms with Crippen LogP contribution < -0.4 is 4.72 Å². The minimum atomic E-state index is -3.80. The van der Waals surface area contributed by atoms with Gasteiger partial charge in [-0.05, 0) is 43.7 Å². The normalized spacial score (nSPS) is 11.6. The standard InChI is InChI=1S/C21H19ClN4O2S2/c1-13-5-4-10-23-20(13)25-30(27,28)19-11-18(26(3)14(19)2)21-24-17(12-29-21)15-6-8-16(22)9-7-15/h4-12H,1-3H3,(H,23,25). The maximum absolute atomic E-state index is 13.0. The van der Waals surface area contributed by atoms with Crippen molar-refractivity contribution in [2.45, 2.75) is 18.7 Å². The van der Waals surface area contributed by atoms with Crippen molar-refractivity contribution in [3.05, 3.63) is 70.3 Å². The van der Waals surface area contributed by atoms with Gasteiger partial charge in [0.25, 0.3) is 10.0 Å². The fourth-order valence-corrected chi connectivity index (χ4v) is 5.44. The van der Waals surface area contributed by atoms with Crippen LogP contribution in [0.5, 0.6) is 0 Å². The predicted molar refractivity (Wildman–Crippen MR) is 121 cm³/mol. The molecule has 0 aliphatic heterocycles. The molecule has 0 atom stereocenters. The van der Waals surface area contributed by atoms with Crippen LogP contribution in [0.15, 0.2) is 58.9 Å². The number of nitrogens with zero attached hydrogens (tertiary/aromatic N) is 3. The molecule has 4 rings (SSSR count). The lowest BCUT2D eigenvalue weighted by Gasteiger charge is -2.09. The number of hydrogen-bond acceptors (Lipinski definition) is 5. The number of aromatic nitrogens is 3. The fourth-order valence-electron chi connectivity index (χ4n) is 3.07. The van der Waals surface area contributed by atoms with E-state index in [0.717, 1.165) is 27.5 Å². The van der Waals surface area contributed by atoms with Crippen molar-refractivity contribution >= 4 is 38.8 Å². The lowest BCUT2D eigenvalue weighted by atomic mass is 10.2. The van der Waals surface area contributed by atoms with Crippen LogP contribution in [0.25, 0.3) is 22.0 Å². The monoisotopic (exact) mass is 458 g/mol. The Balaban J connectivity index is 1.70. The molecule has 0 aliphatic rings. The number of halogens is 1. The Kier molecular flexibility index (Phi) is 5.40. The topological polar surface area (TPSA) is 76.9 Å². The summed E-state index contributed by atoms with van der Waals surface area (Å²) in [5, 5.41) is 3.35. The van der Waals surface area contributed by atoms with Gasteiger partial charge in [-0.1, -0.05) is 29.8 Å². The zero-order chi connectivity index (χ0) is 21.5. The van der Waals surface area contributed by atoms with E-state index in [1.54, 1.807) is 25.3 Å². The smallest absolute Gasteiger partial charge is 0.264 e. The first kappa shape index (κ1) is 20.6. The van der Waals surface area contributed by atoms with E-state index in [0.29, 0.717) is 16.5 Å². The Hall–Kier alpha value is -2.68. The maximum Gasteiger partial charge on any atom is 0.264 e. The number of hydrogen-bond donors (Lipinski definition) is 1. The first-order chi connectivity index (χ1) is 14.3. The number of anilines is 1. The third-order valence-electron chi connectivity index (χ3n) is 4.88. The summed E-state index contributed by atoms with van der Waals surface area (Å²) in [4.78, 5) is 9.04. The minimum Gasteiger partial charge on any atom is -0.345 e. The van der Waals surface area contributed by atoms with Gasteiger partial charge < -0.3 is 4.57 Å². The zero-order valence-corrected chi connectivity index (χ0v) is 18.9. The van der Waals surface area contributed by atoms with Crippen LogP contribution in [0.4, 0.5) is 5.82 Å². The molecular weight excluding hydrogens is 440 g/mol. The Bertz CT molecular complexity index is 1330. The zero-order valence-electron chi connectivity index (χ0n) is 16.5. The Morgan fingerprint density at radius 2 is 1.87 bits per heavy atom. The minimum absolute atomic E-state index is 0.202. The van der Waals surface area contributed by atoms with Crippen LogP contribution in [0.1, 0.15) is 11.3 Å². The van der Waals surface area contributed by atoms with Gasteiger partial charge in [0.05, 0.1) is 11.4 Å². The average Bonchev–Trinajstić information content (AvgIpc) is 3.30. The van der Waals surface area contributed by atoms with Crippen molar-refractivity contribution < 1.29 is 8.42 Å². The molecule has 9 heteroatoms. The first-order valence-corrected chi connectivity index (χ1v) is 11.8. The van der Waals surface area contributed by atoms with Crippen molar-refractivity contribution in [3.63, 3.8) is 0 Å². The Labute approximate surface area is 184 Å². The SMILES string of the molecule is Cc1cccnc1NS(=O)(=O)c1cc(-c2nc(-c3ccc(Cl)cc3)cs2)n(C)c1C. The molecule has 0 fully saturated rings. The second kappa shape index (κ2) is 7.86. The molecule has 0 aliphatic carbocycles. The molecule has 30 heavy (non-hydrogen) atoms. The van der Waals surface area contributed by atoms with Crippen molar-refractivity contribution in [3.8, 4) is 22.0 Å². The van der Waals surface area contributed by atoms with Gasteiger partial charge in [-0.2, -0.15) is 0 Å². The van der Waals surface area contributed by atoms with Gasteiger partial charge in [-0.3, -0.25) is 4.72 Å². The second-order valence-corrected chi connectivity index (χ2v) is 9.80. The molecule has 0 amide bonds. The van der Waals surface area contributed by atoms with Gasteiger partial charge in [0.2, 0.25) is 0 Å². The van der Waals surface area contributed by atoms with Crippen LogP contribution in [0, 0.1) is 13.8 Å². The molecule has 1 aromatic carbocycles. The molecule has 0 spiro atoms. The highest BCUT2D eigenvalue weighted by atomic mass is 35.5. The number of sulfonamides is 1. The molecule has 3 heterocycles. The fraction of sp³-hybridized carbons (Fsp3) is 0.143. The highest BCUT2D eigenvalue weighted by Crippen LogP contribution is 2.33. The van der Waals surface area contributed by atoms with E-state index < -0.39 is 10.0 Å². The van der Waals surface area contributed by atoms with E-state index in [1.807, 2.05) is 54.3 Å². The molecule has 0 radical (unpaired) electrons. The van der Waals surface area contributed by atoms with Gasteiger partial charge >= 0.3 is 0 Å². The summed E-state index contributed by atoms with van der Waals surface area (Å²) in [5.41, 5.74) is 3.87. The highest BCUT2D eigenvalue weighted by Gasteiger charge is 2.24. The number of aryl methyl sites for hydroxylation is 1. The van der Waals surface area contributed by atoms with Gasteiger partial charge in [-0.25, -0.2) is 18.4 Å². The summed E-state index contributed by atoms with van der Waals surface area (Å²) in [5.74, 6) is 0.321. The molecule has 0 unspecified atom stereocenters. The molecule has 1 N–H and O–H groups in total. The molecule has 0 bridgehead atoms. The van der Waals surface area contributed by atoms with Crippen molar-refractivity contribution in [1.82, 2.24) is 14.5 Å². The molecule has 0 saturated carbocycles. The number of pyridine rings is 1. The molecule has 154 valence electrons. The molecule has 0 saturated heterocycles. The van der Waals surface area contributed by atoms with E-state index in [1.165, 1.54) is 11.3 Å². The van der Waals surface area contributed by atoms with Crippen LogP contribution in [-0.4, -0.2) is 23.0 Å². The lowest BCUT2D eigenvalue weighted by Crippen LogP contribution is -2.15. The number of thiazole rings is 1. The predicted octanol–water partition coefficient (Wildman–Crippen LogP) is 5.28. The molecule has 6 nitrogen and oxygen atoms in total. The highest BCUT2D eigenvalue weighted by molar-refractivity contribution is 7.92. The van der Waals surface area contributed by atoms with E-state index in [-0.39, 0.29) is 4.90 Å². The Morgan fingerprint density at radius 3 is 2.57 bits per heavy atom. The van der Waals surface area contributed by atoms with Crippen molar-refractivity contribution in [1.29, 1.82) is 0 Å². The van der Waals surface area contributed by atoms with Gasteiger partial charge in [-0.15, -0.1) is 11.3 Å². The van der Waals surface area contributed by atoms with Gasteiger partial charge in [0.1, 0.15) is 15.7 Å². The van der Waals surface area contributed by atoms with Crippen molar-refractivity contribution in [2.75, 3.05) is 4.72 Å². The molecular formula is C21H19ClN4O2S2. The van der Waals surface area contributed by atoms with Gasteiger partial charge in [0, 0.05) is 34.9 Å².